The molecule has 0 radical (unpaired) electrons. The van der Waals surface area contributed by atoms with E-state index in [1.165, 1.54) is 12.1 Å². The molecule has 0 unspecified atom stereocenters. The highest BCUT2D eigenvalue weighted by Crippen LogP contribution is 2.35. The van der Waals surface area contributed by atoms with Crippen LogP contribution in [0.1, 0.15) is 19.1 Å². The smallest absolute Gasteiger partial charge is 0.301 e. The zero-order valence-corrected chi connectivity index (χ0v) is 17.7. The van der Waals surface area contributed by atoms with Gasteiger partial charge in [-0.1, -0.05) is 48.5 Å². The number of nitro benzene ring substituents is 2. The molecule has 0 aliphatic heterocycles. The second-order valence-corrected chi connectivity index (χ2v) is 7.44. The standard InChI is InChI=1S/C24H20N4O5/c1-16(25-26-20-13-12-18(27(29)30)15-21(20)28(31)32)11-14-23-24(17-7-3-2-4-8-17)19-9-5-6-10-22(19)33-23/h2-10,12-13,15,26H,11,14H2,1H3/b25-16-. The van der Waals surface area contributed by atoms with Gasteiger partial charge >= 0.3 is 5.69 Å². The number of non-ortho nitro benzene ring substituents is 1. The van der Waals surface area contributed by atoms with Crippen LogP contribution in [-0.4, -0.2) is 15.6 Å². The molecule has 9 nitrogen and oxygen atoms in total. The third-order valence-electron chi connectivity index (χ3n) is 5.20. The monoisotopic (exact) mass is 444 g/mol. The second-order valence-electron chi connectivity index (χ2n) is 7.44. The van der Waals surface area contributed by atoms with Crippen LogP contribution in [0.5, 0.6) is 0 Å². The summed E-state index contributed by atoms with van der Waals surface area (Å²) in [6, 6.07) is 21.2. The summed E-state index contributed by atoms with van der Waals surface area (Å²) in [5.74, 6) is 0.832. The zero-order chi connectivity index (χ0) is 23.4. The van der Waals surface area contributed by atoms with Crippen molar-refractivity contribution < 1.29 is 14.3 Å². The van der Waals surface area contributed by atoms with Gasteiger partial charge in [0.1, 0.15) is 17.0 Å². The molecule has 1 heterocycles. The summed E-state index contributed by atoms with van der Waals surface area (Å²) in [7, 11) is 0. The summed E-state index contributed by atoms with van der Waals surface area (Å²) in [6.45, 7) is 1.80. The van der Waals surface area contributed by atoms with E-state index in [1.807, 2.05) is 54.6 Å². The van der Waals surface area contributed by atoms with Crippen molar-refractivity contribution in [1.82, 2.24) is 0 Å². The predicted molar refractivity (Wildman–Crippen MR) is 126 cm³/mol. The summed E-state index contributed by atoms with van der Waals surface area (Å²) in [6.07, 6.45) is 1.13. The minimum atomic E-state index is -0.680. The molecule has 0 saturated carbocycles. The van der Waals surface area contributed by atoms with Crippen molar-refractivity contribution in [3.63, 3.8) is 0 Å². The van der Waals surface area contributed by atoms with Crippen LogP contribution >= 0.6 is 0 Å². The molecule has 0 bridgehead atoms. The van der Waals surface area contributed by atoms with Gasteiger partial charge in [-0.3, -0.25) is 25.7 Å². The van der Waals surface area contributed by atoms with E-state index in [9.17, 15) is 20.2 Å². The lowest BCUT2D eigenvalue weighted by Gasteiger charge is -2.06. The number of benzene rings is 3. The fraction of sp³-hybridized carbons (Fsp3) is 0.125. The van der Waals surface area contributed by atoms with Crippen molar-refractivity contribution in [3.8, 4) is 11.1 Å². The molecule has 3 aromatic carbocycles. The number of anilines is 1. The largest absolute Gasteiger partial charge is 0.460 e. The van der Waals surface area contributed by atoms with E-state index in [0.29, 0.717) is 18.6 Å². The normalized spacial score (nSPS) is 11.5. The minimum Gasteiger partial charge on any atom is -0.460 e. The number of furan rings is 1. The Morgan fingerprint density at radius 1 is 0.970 bits per heavy atom. The number of hydrogen-bond donors (Lipinski definition) is 1. The van der Waals surface area contributed by atoms with Gasteiger partial charge in [0, 0.05) is 29.1 Å². The molecule has 0 fully saturated rings. The van der Waals surface area contributed by atoms with Crippen molar-refractivity contribution in [2.24, 2.45) is 5.10 Å². The summed E-state index contributed by atoms with van der Waals surface area (Å²) in [4.78, 5) is 20.8. The van der Waals surface area contributed by atoms with E-state index in [2.05, 4.69) is 10.5 Å². The highest BCUT2D eigenvalue weighted by molar-refractivity contribution is 5.96. The molecule has 0 amide bonds. The fourth-order valence-electron chi connectivity index (χ4n) is 3.58. The van der Waals surface area contributed by atoms with Crippen molar-refractivity contribution >= 4 is 33.7 Å². The average Bonchev–Trinajstić information content (AvgIpc) is 3.20. The van der Waals surface area contributed by atoms with Crippen LogP contribution in [-0.2, 0) is 6.42 Å². The molecule has 33 heavy (non-hydrogen) atoms. The summed E-state index contributed by atoms with van der Waals surface area (Å²) in [5.41, 5.74) is 5.58. The number of aryl methyl sites for hydroxylation is 1. The number of rotatable bonds is 8. The van der Waals surface area contributed by atoms with Gasteiger partial charge in [0.15, 0.2) is 0 Å². The molecular formula is C24H20N4O5. The first-order valence-electron chi connectivity index (χ1n) is 10.2. The number of fused-ring (bicyclic) bond motifs is 1. The van der Waals surface area contributed by atoms with Crippen molar-refractivity contribution in [1.29, 1.82) is 0 Å². The van der Waals surface area contributed by atoms with Crippen molar-refractivity contribution in [2.75, 3.05) is 5.43 Å². The Morgan fingerprint density at radius 3 is 2.42 bits per heavy atom. The van der Waals surface area contributed by atoms with Crippen molar-refractivity contribution in [3.05, 3.63) is 98.8 Å². The van der Waals surface area contributed by atoms with Crippen LogP contribution < -0.4 is 5.43 Å². The number of hydrazone groups is 1. The molecule has 4 rings (SSSR count). The SMILES string of the molecule is C/C(CCc1oc2ccccc2c1-c1ccccc1)=N/Nc1ccc([N+](=O)[O-])cc1[N+](=O)[O-]. The molecule has 166 valence electrons. The quantitative estimate of drug-likeness (QED) is 0.192. The van der Waals surface area contributed by atoms with Crippen LogP contribution in [0, 0.1) is 20.2 Å². The van der Waals surface area contributed by atoms with Gasteiger partial charge in [-0.2, -0.15) is 5.10 Å². The first-order chi connectivity index (χ1) is 15.9. The van der Waals surface area contributed by atoms with E-state index in [1.54, 1.807) is 6.92 Å². The zero-order valence-electron chi connectivity index (χ0n) is 17.7. The first-order valence-corrected chi connectivity index (χ1v) is 10.2. The maximum Gasteiger partial charge on any atom is 0.301 e. The number of hydrogen-bond acceptors (Lipinski definition) is 7. The Kier molecular flexibility index (Phi) is 6.12. The third kappa shape index (κ3) is 4.72. The van der Waals surface area contributed by atoms with Gasteiger partial charge < -0.3 is 4.42 Å². The minimum absolute atomic E-state index is 0.0821. The Labute approximate surface area is 188 Å². The molecule has 0 aliphatic rings. The molecule has 1 aromatic heterocycles. The fourth-order valence-corrected chi connectivity index (χ4v) is 3.58. The summed E-state index contributed by atoms with van der Waals surface area (Å²) >= 11 is 0. The maximum atomic E-state index is 11.3. The molecular weight excluding hydrogens is 424 g/mol. The van der Waals surface area contributed by atoms with E-state index in [-0.39, 0.29) is 11.4 Å². The molecule has 0 aliphatic carbocycles. The maximum absolute atomic E-state index is 11.3. The topological polar surface area (TPSA) is 124 Å². The van der Waals surface area contributed by atoms with Crippen LogP contribution in [0.3, 0.4) is 0 Å². The van der Waals surface area contributed by atoms with Crippen LogP contribution in [0.15, 0.2) is 82.3 Å². The molecule has 4 aromatic rings. The lowest BCUT2D eigenvalue weighted by molar-refractivity contribution is -0.393. The number of para-hydroxylation sites is 1. The Hall–Kier alpha value is -4.53. The Morgan fingerprint density at radius 2 is 1.70 bits per heavy atom. The molecule has 1 N–H and O–H groups in total. The van der Waals surface area contributed by atoms with E-state index < -0.39 is 15.5 Å². The van der Waals surface area contributed by atoms with E-state index >= 15 is 0 Å². The van der Waals surface area contributed by atoms with Gasteiger partial charge in [0.2, 0.25) is 0 Å². The van der Waals surface area contributed by atoms with Gasteiger partial charge in [-0.15, -0.1) is 0 Å². The predicted octanol–water partition coefficient (Wildman–Crippen LogP) is 6.34. The van der Waals surface area contributed by atoms with Gasteiger partial charge in [-0.25, -0.2) is 0 Å². The average molecular weight is 444 g/mol. The van der Waals surface area contributed by atoms with Crippen LogP contribution in [0.2, 0.25) is 0 Å². The first kappa shape index (κ1) is 21.7. The number of nitrogens with one attached hydrogen (secondary N) is 1. The summed E-state index contributed by atoms with van der Waals surface area (Å²) < 4.78 is 6.12. The van der Waals surface area contributed by atoms with Crippen LogP contribution in [0.25, 0.3) is 22.1 Å². The summed E-state index contributed by atoms with van der Waals surface area (Å²) in [5, 5.41) is 27.5. The molecule has 9 heteroatoms. The van der Waals surface area contributed by atoms with Crippen LogP contribution in [0.4, 0.5) is 17.1 Å². The Bertz CT molecular complexity index is 1360. The number of nitrogens with zero attached hydrogens (tertiary/aromatic N) is 3. The highest BCUT2D eigenvalue weighted by atomic mass is 16.6. The third-order valence-corrected chi connectivity index (χ3v) is 5.20. The second kappa shape index (κ2) is 9.31. The van der Waals surface area contributed by atoms with E-state index in [0.717, 1.165) is 33.9 Å². The number of nitro groups is 2. The lowest BCUT2D eigenvalue weighted by atomic mass is 9.99. The molecule has 0 atom stereocenters. The van der Waals surface area contributed by atoms with E-state index in [4.69, 9.17) is 4.42 Å². The van der Waals surface area contributed by atoms with Gasteiger partial charge in [0.25, 0.3) is 5.69 Å². The molecule has 0 spiro atoms. The van der Waals surface area contributed by atoms with Gasteiger partial charge in [-0.05, 0) is 31.0 Å². The van der Waals surface area contributed by atoms with Gasteiger partial charge in [0.05, 0.1) is 15.9 Å². The Balaban J connectivity index is 1.55. The lowest BCUT2D eigenvalue weighted by Crippen LogP contribution is -2.02. The molecule has 0 saturated heterocycles. The highest BCUT2D eigenvalue weighted by Gasteiger charge is 2.19. The van der Waals surface area contributed by atoms with Crippen molar-refractivity contribution in [2.45, 2.75) is 19.8 Å².